The van der Waals surface area contributed by atoms with Gasteiger partial charge in [0.15, 0.2) is 0 Å². The van der Waals surface area contributed by atoms with Gasteiger partial charge >= 0.3 is 0 Å². The maximum Gasteiger partial charge on any atom is 0.0506 e. The summed E-state index contributed by atoms with van der Waals surface area (Å²) < 4.78 is 1.19. The van der Waals surface area contributed by atoms with E-state index in [9.17, 15) is 0 Å². The largest absolute Gasteiger partial charge is 0.301 e. The summed E-state index contributed by atoms with van der Waals surface area (Å²) in [4.78, 5) is 5.12. The highest BCUT2D eigenvalue weighted by Crippen LogP contribution is 2.07. The molecule has 1 aliphatic rings. The van der Waals surface area contributed by atoms with E-state index in [2.05, 4.69) is 46.2 Å². The Morgan fingerprint density at radius 2 is 1.62 bits per heavy atom. The number of rotatable bonds is 4. The van der Waals surface area contributed by atoms with Crippen molar-refractivity contribution in [1.29, 1.82) is 0 Å². The van der Waals surface area contributed by atoms with Crippen LogP contribution in [0.1, 0.15) is 20.3 Å². The Bertz CT molecular complexity index is 131. The predicted molar refractivity (Wildman–Crippen MR) is 66.4 cm³/mol. The Kier molecular flexibility index (Phi) is 5.58. The topological polar surface area (TPSA) is 6.48 Å². The molecule has 78 valence electrons. The van der Waals surface area contributed by atoms with Gasteiger partial charge < -0.3 is 4.90 Å². The second-order valence-electron chi connectivity index (χ2n) is 4.26. The monoisotopic (exact) mass is 296 g/mol. The van der Waals surface area contributed by atoms with Crippen LogP contribution in [0.2, 0.25) is 0 Å². The molecule has 0 unspecified atom stereocenters. The lowest BCUT2D eigenvalue weighted by molar-refractivity contribution is 0.146. The molecule has 1 saturated heterocycles. The van der Waals surface area contributed by atoms with Crippen molar-refractivity contribution in [3.8, 4) is 0 Å². The molecule has 0 aromatic carbocycles. The van der Waals surface area contributed by atoms with E-state index in [0.717, 1.165) is 5.92 Å². The first-order valence-corrected chi connectivity index (χ1v) is 6.75. The van der Waals surface area contributed by atoms with Crippen LogP contribution in [0.4, 0.5) is 0 Å². The van der Waals surface area contributed by atoms with Crippen LogP contribution in [-0.4, -0.2) is 47.1 Å². The second-order valence-corrected chi connectivity index (χ2v) is 4.94. The lowest BCUT2D eigenvalue weighted by Gasteiger charge is -2.33. The third kappa shape index (κ3) is 4.61. The van der Waals surface area contributed by atoms with Gasteiger partial charge in [-0.25, -0.2) is 0 Å². The van der Waals surface area contributed by atoms with Crippen LogP contribution in [0.3, 0.4) is 0 Å². The van der Waals surface area contributed by atoms with Crippen LogP contribution < -0.4 is 0 Å². The Labute approximate surface area is 95.8 Å². The number of hydrogen-bond acceptors (Lipinski definition) is 2. The van der Waals surface area contributed by atoms with Gasteiger partial charge in [-0.05, 0) is 18.9 Å². The maximum absolute atomic E-state index is 2.60. The van der Waals surface area contributed by atoms with Crippen molar-refractivity contribution >= 4 is 22.6 Å². The molecule has 1 aliphatic heterocycles. The quantitative estimate of drug-likeness (QED) is 0.445. The summed E-state index contributed by atoms with van der Waals surface area (Å²) in [6.45, 7) is 11.0. The molecule has 0 aromatic rings. The Hall–Kier alpha value is 0.650. The number of nitrogens with zero attached hydrogens (tertiary/aromatic N) is 2. The minimum atomic E-state index is 0.850. The minimum Gasteiger partial charge on any atom is -0.301 e. The maximum atomic E-state index is 2.60. The molecule has 0 amide bonds. The van der Waals surface area contributed by atoms with Crippen molar-refractivity contribution in [2.45, 2.75) is 20.3 Å². The number of piperazine rings is 1. The average molecular weight is 296 g/mol. The molecular weight excluding hydrogens is 275 g/mol. The van der Waals surface area contributed by atoms with E-state index in [4.69, 9.17) is 0 Å². The van der Waals surface area contributed by atoms with Gasteiger partial charge in [-0.2, -0.15) is 0 Å². The smallest absolute Gasteiger partial charge is 0.0506 e. The predicted octanol–water partition coefficient (Wildman–Crippen LogP) is 2.04. The van der Waals surface area contributed by atoms with Crippen LogP contribution in [0, 0.1) is 5.92 Å². The molecule has 1 rings (SSSR count). The second kappa shape index (κ2) is 6.19. The van der Waals surface area contributed by atoms with Crippen LogP contribution >= 0.6 is 22.6 Å². The van der Waals surface area contributed by atoms with E-state index < -0.39 is 0 Å². The molecule has 2 nitrogen and oxygen atoms in total. The number of alkyl halides is 1. The fourth-order valence-electron chi connectivity index (χ4n) is 1.57. The SMILES string of the molecule is CC(C)CCN1CCN(CI)CC1. The first kappa shape index (κ1) is 11.7. The van der Waals surface area contributed by atoms with E-state index in [0.29, 0.717) is 0 Å². The van der Waals surface area contributed by atoms with Crippen molar-refractivity contribution in [3.05, 3.63) is 0 Å². The normalized spacial score (nSPS) is 21.2. The van der Waals surface area contributed by atoms with Crippen molar-refractivity contribution in [2.24, 2.45) is 5.92 Å². The van der Waals surface area contributed by atoms with Crippen LogP contribution in [0.5, 0.6) is 0 Å². The van der Waals surface area contributed by atoms with E-state index in [1.54, 1.807) is 0 Å². The fourth-order valence-corrected chi connectivity index (χ4v) is 2.26. The molecular formula is C10H21IN2. The summed E-state index contributed by atoms with van der Waals surface area (Å²) in [6, 6.07) is 0. The minimum absolute atomic E-state index is 0.850. The molecule has 0 aromatic heterocycles. The van der Waals surface area contributed by atoms with Gasteiger partial charge in [0.05, 0.1) is 4.55 Å². The molecule has 0 spiro atoms. The van der Waals surface area contributed by atoms with Gasteiger partial charge in [-0.15, -0.1) is 0 Å². The third-order valence-corrected chi connectivity index (χ3v) is 3.62. The van der Waals surface area contributed by atoms with Crippen molar-refractivity contribution in [1.82, 2.24) is 9.80 Å². The van der Waals surface area contributed by atoms with Gasteiger partial charge in [-0.3, -0.25) is 4.90 Å². The molecule has 13 heavy (non-hydrogen) atoms. The first-order valence-electron chi connectivity index (χ1n) is 5.23. The highest BCUT2D eigenvalue weighted by Gasteiger charge is 2.15. The number of halogens is 1. The van der Waals surface area contributed by atoms with E-state index in [-0.39, 0.29) is 0 Å². The van der Waals surface area contributed by atoms with Crippen molar-refractivity contribution < 1.29 is 0 Å². The van der Waals surface area contributed by atoms with Gasteiger partial charge in [0, 0.05) is 26.2 Å². The molecule has 3 heteroatoms. The van der Waals surface area contributed by atoms with Crippen LogP contribution in [0.25, 0.3) is 0 Å². The molecule has 0 saturated carbocycles. The third-order valence-electron chi connectivity index (χ3n) is 2.66. The van der Waals surface area contributed by atoms with Gasteiger partial charge in [0.1, 0.15) is 0 Å². The van der Waals surface area contributed by atoms with Crippen LogP contribution in [-0.2, 0) is 0 Å². The average Bonchev–Trinajstić information content (AvgIpc) is 2.15. The van der Waals surface area contributed by atoms with Crippen molar-refractivity contribution in [3.63, 3.8) is 0 Å². The summed E-state index contributed by atoms with van der Waals surface area (Å²) in [5.41, 5.74) is 0. The fraction of sp³-hybridized carbons (Fsp3) is 1.00. The van der Waals surface area contributed by atoms with Gasteiger partial charge in [0.2, 0.25) is 0 Å². The Morgan fingerprint density at radius 1 is 1.08 bits per heavy atom. The molecule has 0 atom stereocenters. The van der Waals surface area contributed by atoms with E-state index >= 15 is 0 Å². The standard InChI is InChI=1S/C10H21IN2/c1-10(2)3-4-12-5-7-13(9-11)8-6-12/h10H,3-9H2,1-2H3. The zero-order valence-electron chi connectivity index (χ0n) is 8.80. The van der Waals surface area contributed by atoms with Gasteiger partial charge in [-0.1, -0.05) is 36.4 Å². The summed E-state index contributed by atoms with van der Waals surface area (Å²) >= 11 is 2.45. The summed E-state index contributed by atoms with van der Waals surface area (Å²) in [5, 5.41) is 0. The molecule has 0 N–H and O–H groups in total. The van der Waals surface area contributed by atoms with E-state index in [1.165, 1.54) is 43.7 Å². The zero-order valence-corrected chi connectivity index (χ0v) is 11.0. The molecule has 0 bridgehead atoms. The summed E-state index contributed by atoms with van der Waals surface area (Å²) in [7, 11) is 0. The highest BCUT2D eigenvalue weighted by molar-refractivity contribution is 14.1. The molecule has 1 fully saturated rings. The van der Waals surface area contributed by atoms with Crippen LogP contribution in [0.15, 0.2) is 0 Å². The van der Waals surface area contributed by atoms with E-state index in [1.807, 2.05) is 0 Å². The Balaban J connectivity index is 2.10. The lowest BCUT2D eigenvalue weighted by Crippen LogP contribution is -2.46. The zero-order chi connectivity index (χ0) is 9.68. The molecule has 0 aliphatic carbocycles. The first-order chi connectivity index (χ1) is 6.22. The van der Waals surface area contributed by atoms with Crippen molar-refractivity contribution in [2.75, 3.05) is 37.3 Å². The Morgan fingerprint density at radius 3 is 2.08 bits per heavy atom. The lowest BCUT2D eigenvalue weighted by atomic mass is 10.1. The molecule has 0 radical (unpaired) electrons. The molecule has 1 heterocycles. The summed E-state index contributed by atoms with van der Waals surface area (Å²) in [6.07, 6.45) is 1.35. The number of hydrogen-bond donors (Lipinski definition) is 0. The van der Waals surface area contributed by atoms with Gasteiger partial charge in [0.25, 0.3) is 0 Å². The summed E-state index contributed by atoms with van der Waals surface area (Å²) in [5.74, 6) is 0.850. The highest BCUT2D eigenvalue weighted by atomic mass is 127.